The molecule has 3 aromatic rings. The number of nitrogens with zero attached hydrogens (tertiary/aromatic N) is 2. The molecule has 0 amide bonds. The van der Waals surface area contributed by atoms with E-state index in [4.69, 9.17) is 14.2 Å². The molecule has 0 bridgehead atoms. The van der Waals surface area contributed by atoms with Crippen LogP contribution in [-0.2, 0) is 9.53 Å². The van der Waals surface area contributed by atoms with Crippen molar-refractivity contribution in [3.05, 3.63) is 89.0 Å². The molecule has 4 rings (SSSR count). The summed E-state index contributed by atoms with van der Waals surface area (Å²) in [7, 11) is 1.59. The number of hydrogen-bond acceptors (Lipinski definition) is 7. The first kappa shape index (κ1) is 25.9. The van der Waals surface area contributed by atoms with Crippen molar-refractivity contribution in [3.8, 4) is 11.5 Å². The van der Waals surface area contributed by atoms with Gasteiger partial charge in [0.1, 0.15) is 11.5 Å². The number of thiazole rings is 1. The summed E-state index contributed by atoms with van der Waals surface area (Å²) in [6.07, 6.45) is 1.81. The Morgan fingerprint density at radius 2 is 1.94 bits per heavy atom. The van der Waals surface area contributed by atoms with Gasteiger partial charge in [-0.25, -0.2) is 9.79 Å². The molecule has 1 aliphatic heterocycles. The number of methoxy groups -OCH3 is 1. The smallest absolute Gasteiger partial charge is 0.338 e. The van der Waals surface area contributed by atoms with Crippen LogP contribution in [0.5, 0.6) is 11.5 Å². The van der Waals surface area contributed by atoms with Crippen LogP contribution in [0.1, 0.15) is 44.9 Å². The molecule has 1 atom stereocenters. The number of ether oxygens (including phenoxy) is 3. The molecule has 1 aliphatic rings. The average Bonchev–Trinajstić information content (AvgIpc) is 3.13. The zero-order chi connectivity index (χ0) is 26.0. The van der Waals surface area contributed by atoms with E-state index in [1.165, 1.54) is 11.3 Å². The van der Waals surface area contributed by atoms with Gasteiger partial charge in [0.25, 0.3) is 5.56 Å². The van der Waals surface area contributed by atoms with Crippen LogP contribution >= 0.6 is 27.3 Å². The van der Waals surface area contributed by atoms with Crippen LogP contribution in [0, 0.1) is 0 Å². The normalized spacial score (nSPS) is 15.5. The van der Waals surface area contributed by atoms with E-state index in [2.05, 4.69) is 20.9 Å². The van der Waals surface area contributed by atoms with Crippen LogP contribution in [0.3, 0.4) is 0 Å². The average molecular weight is 571 g/mol. The molecule has 0 N–H and O–H groups in total. The molecule has 188 valence electrons. The molecule has 36 heavy (non-hydrogen) atoms. The van der Waals surface area contributed by atoms with Gasteiger partial charge in [-0.05, 0) is 69.7 Å². The van der Waals surface area contributed by atoms with Crippen molar-refractivity contribution >= 4 is 39.3 Å². The van der Waals surface area contributed by atoms with Gasteiger partial charge >= 0.3 is 5.97 Å². The Labute approximate surface area is 221 Å². The first-order valence-electron chi connectivity index (χ1n) is 11.5. The van der Waals surface area contributed by atoms with Gasteiger partial charge in [-0.3, -0.25) is 9.36 Å². The van der Waals surface area contributed by atoms with Gasteiger partial charge in [0.15, 0.2) is 4.80 Å². The lowest BCUT2D eigenvalue weighted by atomic mass is 9.96. The van der Waals surface area contributed by atoms with E-state index >= 15 is 0 Å². The summed E-state index contributed by atoms with van der Waals surface area (Å²) in [5.74, 6) is 0.861. The Morgan fingerprint density at radius 3 is 2.58 bits per heavy atom. The molecular formula is C27H27BrN2O5S. The summed E-state index contributed by atoms with van der Waals surface area (Å²) >= 11 is 4.75. The van der Waals surface area contributed by atoms with Crippen LogP contribution in [0.25, 0.3) is 6.08 Å². The molecule has 0 saturated carbocycles. The summed E-state index contributed by atoms with van der Waals surface area (Å²) in [5, 5.41) is 0. The van der Waals surface area contributed by atoms with Crippen LogP contribution in [0.4, 0.5) is 0 Å². The van der Waals surface area contributed by atoms with Crippen molar-refractivity contribution in [2.75, 3.05) is 13.7 Å². The van der Waals surface area contributed by atoms with Crippen LogP contribution in [0.15, 0.2) is 68.0 Å². The lowest BCUT2D eigenvalue weighted by Crippen LogP contribution is -2.39. The maximum atomic E-state index is 13.8. The van der Waals surface area contributed by atoms with Gasteiger partial charge in [0, 0.05) is 10.0 Å². The molecule has 0 radical (unpaired) electrons. The minimum atomic E-state index is -0.681. The number of aromatic nitrogens is 1. The number of carbonyl (C=O) groups excluding carboxylic acids is 1. The monoisotopic (exact) mass is 570 g/mol. The Balaban J connectivity index is 1.92. The molecular weight excluding hydrogens is 544 g/mol. The van der Waals surface area contributed by atoms with Gasteiger partial charge in [-0.2, -0.15) is 0 Å². The molecule has 0 aliphatic carbocycles. The van der Waals surface area contributed by atoms with Crippen molar-refractivity contribution in [2.45, 2.75) is 39.8 Å². The summed E-state index contributed by atoms with van der Waals surface area (Å²) in [5.41, 5.74) is 2.13. The molecule has 0 spiro atoms. The molecule has 2 aromatic carbocycles. The highest BCUT2D eigenvalue weighted by Gasteiger charge is 2.33. The predicted molar refractivity (Wildman–Crippen MR) is 143 cm³/mol. The molecule has 0 fully saturated rings. The SMILES string of the molecule is CCOC(=O)C1=C(C)N=c2s/c(=C\c3cc(Br)ccc3OC)c(=O)n2[C@H]1c1ccc(OC(C)C)cc1. The standard InChI is InChI=1S/C27H27BrN2O5S/c1-6-34-26(32)23-16(4)29-27-30(24(23)17-7-10-20(11-8-17)35-15(2)3)25(31)22(36-27)14-18-13-19(28)9-12-21(18)33-5/h7-15,24H,6H2,1-5H3/b22-14-/t24-/m0/s1. The number of halogens is 1. The van der Waals surface area contributed by atoms with E-state index in [0.29, 0.717) is 32.1 Å². The predicted octanol–water partition coefficient (Wildman–Crippen LogP) is 4.36. The summed E-state index contributed by atoms with van der Waals surface area (Å²) in [4.78, 5) is 31.9. The van der Waals surface area contributed by atoms with Crippen molar-refractivity contribution in [2.24, 2.45) is 4.99 Å². The van der Waals surface area contributed by atoms with Crippen LogP contribution in [0.2, 0.25) is 0 Å². The van der Waals surface area contributed by atoms with Crippen molar-refractivity contribution in [3.63, 3.8) is 0 Å². The van der Waals surface area contributed by atoms with Gasteiger partial charge in [0.05, 0.1) is 41.7 Å². The van der Waals surface area contributed by atoms with Gasteiger partial charge < -0.3 is 14.2 Å². The minimum absolute atomic E-state index is 0.0285. The number of benzene rings is 2. The minimum Gasteiger partial charge on any atom is -0.496 e. The Kier molecular flexibility index (Phi) is 7.80. The molecule has 1 aromatic heterocycles. The molecule has 0 unspecified atom stereocenters. The van der Waals surface area contributed by atoms with E-state index in [1.54, 1.807) is 31.6 Å². The first-order valence-corrected chi connectivity index (χ1v) is 13.1. The lowest BCUT2D eigenvalue weighted by Gasteiger charge is -2.25. The maximum Gasteiger partial charge on any atom is 0.338 e. The van der Waals surface area contributed by atoms with E-state index < -0.39 is 12.0 Å². The second-order valence-electron chi connectivity index (χ2n) is 8.42. The Morgan fingerprint density at radius 1 is 1.22 bits per heavy atom. The molecule has 9 heteroatoms. The molecule has 0 saturated heterocycles. The number of hydrogen-bond donors (Lipinski definition) is 0. The number of fused-ring (bicyclic) bond motifs is 1. The van der Waals surface area contributed by atoms with E-state index in [9.17, 15) is 9.59 Å². The van der Waals surface area contributed by atoms with Crippen molar-refractivity contribution in [1.29, 1.82) is 0 Å². The topological polar surface area (TPSA) is 79.1 Å². The fourth-order valence-corrected chi connectivity index (χ4v) is 5.48. The van der Waals surface area contributed by atoms with Gasteiger partial charge in [-0.1, -0.05) is 39.4 Å². The highest BCUT2D eigenvalue weighted by atomic mass is 79.9. The third-order valence-corrected chi connectivity index (χ3v) is 7.04. The third kappa shape index (κ3) is 5.17. The van der Waals surface area contributed by atoms with Crippen molar-refractivity contribution in [1.82, 2.24) is 4.57 Å². The fourth-order valence-electron chi connectivity index (χ4n) is 4.07. The number of carbonyl (C=O) groups is 1. The van der Waals surface area contributed by atoms with E-state index in [-0.39, 0.29) is 18.3 Å². The fraction of sp³-hybridized carbons (Fsp3) is 0.296. The third-order valence-electron chi connectivity index (χ3n) is 5.56. The van der Waals surface area contributed by atoms with Crippen LogP contribution in [-0.4, -0.2) is 30.4 Å². The number of esters is 1. The highest BCUT2D eigenvalue weighted by Crippen LogP contribution is 2.32. The van der Waals surface area contributed by atoms with Crippen molar-refractivity contribution < 1.29 is 19.0 Å². The molecule has 7 nitrogen and oxygen atoms in total. The summed E-state index contributed by atoms with van der Waals surface area (Å²) < 4.78 is 19.5. The molecule has 2 heterocycles. The largest absolute Gasteiger partial charge is 0.496 e. The van der Waals surface area contributed by atoms with Gasteiger partial charge in [-0.15, -0.1) is 0 Å². The van der Waals surface area contributed by atoms with Crippen LogP contribution < -0.4 is 24.4 Å². The summed E-state index contributed by atoms with van der Waals surface area (Å²) in [6.45, 7) is 7.65. The zero-order valence-electron chi connectivity index (χ0n) is 20.7. The second kappa shape index (κ2) is 10.8. The zero-order valence-corrected chi connectivity index (χ0v) is 23.1. The quantitative estimate of drug-likeness (QED) is 0.394. The lowest BCUT2D eigenvalue weighted by molar-refractivity contribution is -0.139. The Hall–Kier alpha value is -3.17. The summed E-state index contributed by atoms with van der Waals surface area (Å²) in [6, 6.07) is 12.3. The number of rotatable bonds is 7. The van der Waals surface area contributed by atoms with Gasteiger partial charge in [0.2, 0.25) is 0 Å². The first-order chi connectivity index (χ1) is 17.2. The van der Waals surface area contributed by atoms with E-state index in [0.717, 1.165) is 15.6 Å². The van der Waals surface area contributed by atoms with E-state index in [1.807, 2.05) is 56.3 Å². The number of allylic oxidation sites excluding steroid dienone is 1. The maximum absolute atomic E-state index is 13.8. The second-order valence-corrected chi connectivity index (χ2v) is 10.3. The Bertz CT molecular complexity index is 1500. The highest BCUT2D eigenvalue weighted by molar-refractivity contribution is 9.10.